The predicted molar refractivity (Wildman–Crippen MR) is 82.1 cm³/mol. The fraction of sp³-hybridized carbons (Fsp3) is 0.571. The number of piperidine rings is 1. The second kappa shape index (κ2) is 7.02. The minimum atomic E-state index is -3.35. The Bertz CT molecular complexity index is 522. The van der Waals surface area contributed by atoms with Crippen molar-refractivity contribution < 1.29 is 13.2 Å². The maximum Gasteiger partial charge on any atom is 0.243 e. The third kappa shape index (κ3) is 3.81. The standard InChI is InChI=1S/C14H20BrNO3S/c1-2-19-11-12-7-9-16(10-8-12)20(17,18)14-5-3-13(15)4-6-14/h3-6,12H,2,7-11H2,1H3. The summed E-state index contributed by atoms with van der Waals surface area (Å²) in [6.07, 6.45) is 1.74. The predicted octanol–water partition coefficient (Wildman–Crippen LogP) is 2.89. The zero-order valence-corrected chi connectivity index (χ0v) is 14.0. The molecule has 20 heavy (non-hydrogen) atoms. The third-order valence-electron chi connectivity index (χ3n) is 3.58. The van der Waals surface area contributed by atoms with E-state index in [2.05, 4.69) is 15.9 Å². The first kappa shape index (κ1) is 15.9. The molecule has 0 aliphatic carbocycles. The van der Waals surface area contributed by atoms with Gasteiger partial charge in [-0.2, -0.15) is 4.31 Å². The molecule has 4 nitrogen and oxygen atoms in total. The summed E-state index contributed by atoms with van der Waals surface area (Å²) in [5, 5.41) is 0. The maximum absolute atomic E-state index is 12.5. The molecule has 1 aromatic rings. The van der Waals surface area contributed by atoms with Gasteiger partial charge in [0, 0.05) is 30.8 Å². The van der Waals surface area contributed by atoms with E-state index in [9.17, 15) is 8.42 Å². The van der Waals surface area contributed by atoms with E-state index in [4.69, 9.17) is 4.74 Å². The van der Waals surface area contributed by atoms with Crippen molar-refractivity contribution in [1.29, 1.82) is 0 Å². The summed E-state index contributed by atoms with van der Waals surface area (Å²) in [5.41, 5.74) is 0. The van der Waals surface area contributed by atoms with E-state index in [1.165, 1.54) is 0 Å². The van der Waals surface area contributed by atoms with Crippen LogP contribution in [0.3, 0.4) is 0 Å². The van der Waals surface area contributed by atoms with Crippen LogP contribution in [0.2, 0.25) is 0 Å². The monoisotopic (exact) mass is 361 g/mol. The first-order valence-corrected chi connectivity index (χ1v) is 9.11. The molecular weight excluding hydrogens is 342 g/mol. The molecule has 0 amide bonds. The van der Waals surface area contributed by atoms with Gasteiger partial charge in [-0.3, -0.25) is 0 Å². The summed E-state index contributed by atoms with van der Waals surface area (Å²) in [6.45, 7) is 4.60. The van der Waals surface area contributed by atoms with E-state index in [1.807, 2.05) is 6.92 Å². The van der Waals surface area contributed by atoms with Crippen molar-refractivity contribution in [2.75, 3.05) is 26.3 Å². The summed E-state index contributed by atoms with van der Waals surface area (Å²) in [6, 6.07) is 6.81. The fourth-order valence-electron chi connectivity index (χ4n) is 2.36. The molecule has 1 fully saturated rings. The van der Waals surface area contributed by atoms with Crippen LogP contribution in [0.4, 0.5) is 0 Å². The van der Waals surface area contributed by atoms with Gasteiger partial charge in [0.1, 0.15) is 0 Å². The van der Waals surface area contributed by atoms with E-state index < -0.39 is 10.0 Å². The van der Waals surface area contributed by atoms with Crippen molar-refractivity contribution in [2.24, 2.45) is 5.92 Å². The van der Waals surface area contributed by atoms with Crippen molar-refractivity contribution in [3.05, 3.63) is 28.7 Å². The third-order valence-corrected chi connectivity index (χ3v) is 6.02. The lowest BCUT2D eigenvalue weighted by Gasteiger charge is -2.31. The Morgan fingerprint density at radius 1 is 1.25 bits per heavy atom. The van der Waals surface area contributed by atoms with Crippen LogP contribution in [-0.2, 0) is 14.8 Å². The average molecular weight is 362 g/mol. The lowest BCUT2D eigenvalue weighted by atomic mass is 9.99. The van der Waals surface area contributed by atoms with Gasteiger partial charge in [-0.1, -0.05) is 15.9 Å². The molecule has 1 aliphatic heterocycles. The van der Waals surface area contributed by atoms with Gasteiger partial charge in [-0.15, -0.1) is 0 Å². The summed E-state index contributed by atoms with van der Waals surface area (Å²) >= 11 is 3.32. The highest BCUT2D eigenvalue weighted by Crippen LogP contribution is 2.24. The van der Waals surface area contributed by atoms with Crippen molar-refractivity contribution in [1.82, 2.24) is 4.31 Å². The molecule has 0 saturated carbocycles. The van der Waals surface area contributed by atoms with Gasteiger partial charge in [0.25, 0.3) is 0 Å². The van der Waals surface area contributed by atoms with Gasteiger partial charge in [0.2, 0.25) is 10.0 Å². The number of hydrogen-bond acceptors (Lipinski definition) is 3. The molecular formula is C14H20BrNO3S. The Morgan fingerprint density at radius 2 is 1.85 bits per heavy atom. The first-order valence-electron chi connectivity index (χ1n) is 6.87. The molecule has 1 heterocycles. The summed E-state index contributed by atoms with van der Waals surface area (Å²) in [7, 11) is -3.35. The minimum Gasteiger partial charge on any atom is -0.381 e. The Balaban J connectivity index is 2.00. The van der Waals surface area contributed by atoms with Crippen LogP contribution in [-0.4, -0.2) is 39.0 Å². The minimum absolute atomic E-state index is 0.365. The molecule has 0 aromatic heterocycles. The molecule has 1 saturated heterocycles. The van der Waals surface area contributed by atoms with Crippen LogP contribution >= 0.6 is 15.9 Å². The van der Waals surface area contributed by atoms with Crippen LogP contribution in [0, 0.1) is 5.92 Å². The maximum atomic E-state index is 12.5. The first-order chi connectivity index (χ1) is 9.54. The molecule has 112 valence electrons. The van der Waals surface area contributed by atoms with Gasteiger partial charge in [0.05, 0.1) is 4.90 Å². The highest BCUT2D eigenvalue weighted by atomic mass is 79.9. The van der Waals surface area contributed by atoms with E-state index in [0.717, 1.165) is 30.5 Å². The largest absolute Gasteiger partial charge is 0.381 e. The smallest absolute Gasteiger partial charge is 0.243 e. The van der Waals surface area contributed by atoms with Crippen LogP contribution in [0.5, 0.6) is 0 Å². The summed E-state index contributed by atoms with van der Waals surface area (Å²) in [5.74, 6) is 0.478. The van der Waals surface area contributed by atoms with E-state index in [0.29, 0.717) is 23.9 Å². The van der Waals surface area contributed by atoms with Crippen LogP contribution in [0.25, 0.3) is 0 Å². The molecule has 0 unspecified atom stereocenters. The Hall–Kier alpha value is -0.430. The van der Waals surface area contributed by atoms with Crippen molar-refractivity contribution in [3.63, 3.8) is 0 Å². The van der Waals surface area contributed by atoms with Crippen molar-refractivity contribution >= 4 is 26.0 Å². The molecule has 0 bridgehead atoms. The molecule has 0 radical (unpaired) electrons. The SMILES string of the molecule is CCOCC1CCN(S(=O)(=O)c2ccc(Br)cc2)CC1. The summed E-state index contributed by atoms with van der Waals surface area (Å²) < 4.78 is 32.9. The van der Waals surface area contributed by atoms with E-state index in [1.54, 1.807) is 28.6 Å². The Kier molecular flexibility index (Phi) is 5.60. The quantitative estimate of drug-likeness (QED) is 0.809. The van der Waals surface area contributed by atoms with Crippen LogP contribution < -0.4 is 0 Å². The number of benzene rings is 1. The number of nitrogens with zero attached hydrogens (tertiary/aromatic N) is 1. The van der Waals surface area contributed by atoms with Gasteiger partial charge in [-0.25, -0.2) is 8.42 Å². The number of rotatable bonds is 5. The van der Waals surface area contributed by atoms with Gasteiger partial charge in [0.15, 0.2) is 0 Å². The lowest BCUT2D eigenvalue weighted by Crippen LogP contribution is -2.39. The molecule has 6 heteroatoms. The van der Waals surface area contributed by atoms with Gasteiger partial charge < -0.3 is 4.74 Å². The second-order valence-corrected chi connectivity index (χ2v) is 7.81. The number of hydrogen-bond donors (Lipinski definition) is 0. The number of ether oxygens (including phenoxy) is 1. The second-order valence-electron chi connectivity index (χ2n) is 4.96. The number of sulfonamides is 1. The fourth-order valence-corrected chi connectivity index (χ4v) is 4.09. The summed E-state index contributed by atoms with van der Waals surface area (Å²) in [4.78, 5) is 0.365. The normalized spacial score (nSPS) is 18.3. The topological polar surface area (TPSA) is 46.6 Å². The highest BCUT2D eigenvalue weighted by Gasteiger charge is 2.29. The molecule has 0 atom stereocenters. The van der Waals surface area contributed by atoms with E-state index in [-0.39, 0.29) is 0 Å². The van der Waals surface area contributed by atoms with Crippen molar-refractivity contribution in [3.8, 4) is 0 Å². The average Bonchev–Trinajstić information content (AvgIpc) is 2.46. The zero-order valence-electron chi connectivity index (χ0n) is 11.6. The van der Waals surface area contributed by atoms with Gasteiger partial charge in [-0.05, 0) is 49.9 Å². The molecule has 0 spiro atoms. The Labute approximate surface area is 129 Å². The highest BCUT2D eigenvalue weighted by molar-refractivity contribution is 9.10. The molecule has 0 N–H and O–H groups in total. The van der Waals surface area contributed by atoms with Crippen LogP contribution in [0.1, 0.15) is 19.8 Å². The van der Waals surface area contributed by atoms with E-state index >= 15 is 0 Å². The Morgan fingerprint density at radius 3 is 2.40 bits per heavy atom. The van der Waals surface area contributed by atoms with Crippen molar-refractivity contribution in [2.45, 2.75) is 24.7 Å². The van der Waals surface area contributed by atoms with Crippen LogP contribution in [0.15, 0.2) is 33.6 Å². The van der Waals surface area contributed by atoms with Gasteiger partial charge >= 0.3 is 0 Å². The molecule has 1 aliphatic rings. The number of halogens is 1. The lowest BCUT2D eigenvalue weighted by molar-refractivity contribution is 0.0883. The molecule has 1 aromatic carbocycles. The zero-order chi connectivity index (χ0) is 14.6. The molecule has 2 rings (SSSR count).